The van der Waals surface area contributed by atoms with E-state index in [2.05, 4.69) is 31.3 Å². The SMILES string of the molecule is CCCC(C)COc1ccc(CCNC(=O)[C@H](N)CCC)cc1. The number of nitrogens with two attached hydrogens (primary N) is 1. The lowest BCUT2D eigenvalue weighted by atomic mass is 10.1. The number of hydrogen-bond donors (Lipinski definition) is 2. The van der Waals surface area contributed by atoms with Crippen LogP contribution in [-0.2, 0) is 11.2 Å². The van der Waals surface area contributed by atoms with E-state index in [0.29, 0.717) is 12.5 Å². The van der Waals surface area contributed by atoms with Crippen molar-refractivity contribution in [2.75, 3.05) is 13.2 Å². The van der Waals surface area contributed by atoms with Crippen LogP contribution in [0.2, 0.25) is 0 Å². The Bertz CT molecular complexity index is 445. The summed E-state index contributed by atoms with van der Waals surface area (Å²) >= 11 is 0. The lowest BCUT2D eigenvalue weighted by Gasteiger charge is -2.13. The standard InChI is InChI=1S/C19H32N2O2/c1-4-6-15(3)14-23-17-10-8-16(9-11-17)12-13-21-19(22)18(20)7-5-2/h8-11,15,18H,4-7,12-14,20H2,1-3H3,(H,21,22)/t15?,18-/m1/s1. The van der Waals surface area contributed by atoms with Crippen molar-refractivity contribution in [2.45, 2.75) is 58.9 Å². The smallest absolute Gasteiger partial charge is 0.236 e. The van der Waals surface area contributed by atoms with Gasteiger partial charge in [-0.15, -0.1) is 0 Å². The summed E-state index contributed by atoms with van der Waals surface area (Å²) in [6.07, 6.45) is 4.84. The molecule has 1 rings (SSSR count). The summed E-state index contributed by atoms with van der Waals surface area (Å²) in [5.41, 5.74) is 6.96. The van der Waals surface area contributed by atoms with Crippen LogP contribution in [0.1, 0.15) is 52.0 Å². The van der Waals surface area contributed by atoms with Crippen LogP contribution in [0.25, 0.3) is 0 Å². The minimum absolute atomic E-state index is 0.0586. The van der Waals surface area contributed by atoms with Gasteiger partial charge in [0.1, 0.15) is 5.75 Å². The molecule has 1 aromatic carbocycles. The first-order valence-corrected chi connectivity index (χ1v) is 8.81. The van der Waals surface area contributed by atoms with E-state index >= 15 is 0 Å². The summed E-state index contributed by atoms with van der Waals surface area (Å²) in [4.78, 5) is 11.7. The zero-order valence-electron chi connectivity index (χ0n) is 14.8. The van der Waals surface area contributed by atoms with Crippen molar-refractivity contribution in [1.29, 1.82) is 0 Å². The number of benzene rings is 1. The predicted octanol–water partition coefficient (Wildman–Crippen LogP) is 3.29. The van der Waals surface area contributed by atoms with Crippen molar-refractivity contribution in [1.82, 2.24) is 5.32 Å². The van der Waals surface area contributed by atoms with E-state index in [0.717, 1.165) is 31.6 Å². The topological polar surface area (TPSA) is 64.3 Å². The second-order valence-corrected chi connectivity index (χ2v) is 6.28. The third kappa shape index (κ3) is 8.03. The number of carbonyl (C=O) groups excluding carboxylic acids is 1. The van der Waals surface area contributed by atoms with Crippen molar-refractivity contribution in [2.24, 2.45) is 11.7 Å². The van der Waals surface area contributed by atoms with E-state index in [9.17, 15) is 4.79 Å². The van der Waals surface area contributed by atoms with Gasteiger partial charge in [-0.1, -0.05) is 45.7 Å². The number of ether oxygens (including phenoxy) is 1. The second-order valence-electron chi connectivity index (χ2n) is 6.28. The average Bonchev–Trinajstić information content (AvgIpc) is 2.54. The maximum Gasteiger partial charge on any atom is 0.236 e. The molecule has 0 fully saturated rings. The van der Waals surface area contributed by atoms with Gasteiger partial charge in [0, 0.05) is 6.54 Å². The highest BCUT2D eigenvalue weighted by molar-refractivity contribution is 5.81. The fourth-order valence-electron chi connectivity index (χ4n) is 2.47. The van der Waals surface area contributed by atoms with Gasteiger partial charge in [-0.2, -0.15) is 0 Å². The van der Waals surface area contributed by atoms with Crippen molar-refractivity contribution in [3.8, 4) is 5.75 Å². The largest absolute Gasteiger partial charge is 0.493 e. The Morgan fingerprint density at radius 1 is 1.17 bits per heavy atom. The van der Waals surface area contributed by atoms with Crippen LogP contribution in [0.5, 0.6) is 5.75 Å². The van der Waals surface area contributed by atoms with E-state index in [1.165, 1.54) is 18.4 Å². The van der Waals surface area contributed by atoms with Gasteiger partial charge in [-0.3, -0.25) is 4.79 Å². The maximum absolute atomic E-state index is 11.7. The van der Waals surface area contributed by atoms with Crippen LogP contribution >= 0.6 is 0 Å². The molecule has 1 aromatic rings. The summed E-state index contributed by atoms with van der Waals surface area (Å²) in [6.45, 7) is 7.81. The third-order valence-electron chi connectivity index (χ3n) is 3.89. The molecule has 23 heavy (non-hydrogen) atoms. The molecule has 0 heterocycles. The molecule has 0 aliphatic heterocycles. The molecular weight excluding hydrogens is 288 g/mol. The highest BCUT2D eigenvalue weighted by atomic mass is 16.5. The molecule has 0 aliphatic rings. The fraction of sp³-hybridized carbons (Fsp3) is 0.632. The van der Waals surface area contributed by atoms with E-state index in [1.54, 1.807) is 0 Å². The van der Waals surface area contributed by atoms with Crippen LogP contribution in [0.15, 0.2) is 24.3 Å². The molecule has 4 heteroatoms. The third-order valence-corrected chi connectivity index (χ3v) is 3.89. The first-order valence-electron chi connectivity index (χ1n) is 8.81. The predicted molar refractivity (Wildman–Crippen MR) is 95.6 cm³/mol. The van der Waals surface area contributed by atoms with Gasteiger partial charge in [0.25, 0.3) is 0 Å². The monoisotopic (exact) mass is 320 g/mol. The van der Waals surface area contributed by atoms with Crippen LogP contribution in [0, 0.1) is 5.92 Å². The van der Waals surface area contributed by atoms with Crippen molar-refractivity contribution in [3.05, 3.63) is 29.8 Å². The first kappa shape index (κ1) is 19.5. The normalized spacial score (nSPS) is 13.4. The van der Waals surface area contributed by atoms with Gasteiger partial charge in [0.05, 0.1) is 12.6 Å². The quantitative estimate of drug-likeness (QED) is 0.657. The van der Waals surface area contributed by atoms with Gasteiger partial charge in [0.2, 0.25) is 5.91 Å². The Hall–Kier alpha value is -1.55. The summed E-state index contributed by atoms with van der Waals surface area (Å²) in [6, 6.07) is 7.72. The van der Waals surface area contributed by atoms with Crippen LogP contribution in [0.4, 0.5) is 0 Å². The highest BCUT2D eigenvalue weighted by Gasteiger charge is 2.11. The van der Waals surface area contributed by atoms with Crippen LogP contribution in [0.3, 0.4) is 0 Å². The molecule has 0 saturated carbocycles. The highest BCUT2D eigenvalue weighted by Crippen LogP contribution is 2.15. The Balaban J connectivity index is 2.30. The van der Waals surface area contributed by atoms with Crippen molar-refractivity contribution >= 4 is 5.91 Å². The van der Waals surface area contributed by atoms with Gasteiger partial charge in [0.15, 0.2) is 0 Å². The lowest BCUT2D eigenvalue weighted by molar-refractivity contribution is -0.122. The minimum Gasteiger partial charge on any atom is -0.493 e. The number of hydrogen-bond acceptors (Lipinski definition) is 3. The molecule has 0 saturated heterocycles. The summed E-state index contributed by atoms with van der Waals surface area (Å²) in [5, 5.41) is 2.89. The Morgan fingerprint density at radius 3 is 2.43 bits per heavy atom. The molecule has 130 valence electrons. The molecule has 4 nitrogen and oxygen atoms in total. The second kappa shape index (κ2) is 11.1. The number of nitrogens with one attached hydrogen (secondary N) is 1. The number of amides is 1. The lowest BCUT2D eigenvalue weighted by Crippen LogP contribution is -2.41. The van der Waals surface area contributed by atoms with Gasteiger partial charge in [-0.05, 0) is 42.9 Å². The zero-order valence-corrected chi connectivity index (χ0v) is 14.8. The number of rotatable bonds is 11. The van der Waals surface area contributed by atoms with Crippen LogP contribution in [-0.4, -0.2) is 25.1 Å². The fourth-order valence-corrected chi connectivity index (χ4v) is 2.47. The van der Waals surface area contributed by atoms with Gasteiger partial charge >= 0.3 is 0 Å². The zero-order chi connectivity index (χ0) is 17.1. The van der Waals surface area contributed by atoms with E-state index in [-0.39, 0.29) is 11.9 Å². The van der Waals surface area contributed by atoms with E-state index in [4.69, 9.17) is 10.5 Å². The maximum atomic E-state index is 11.7. The molecule has 0 aromatic heterocycles. The summed E-state index contributed by atoms with van der Waals surface area (Å²) in [5.74, 6) is 1.43. The molecule has 1 unspecified atom stereocenters. The molecule has 2 atom stereocenters. The van der Waals surface area contributed by atoms with Crippen molar-refractivity contribution in [3.63, 3.8) is 0 Å². The molecule has 0 spiro atoms. The summed E-state index contributed by atoms with van der Waals surface area (Å²) < 4.78 is 5.79. The molecule has 1 amide bonds. The van der Waals surface area contributed by atoms with Gasteiger partial charge in [-0.25, -0.2) is 0 Å². The number of carbonyl (C=O) groups is 1. The molecule has 0 bridgehead atoms. The molecular formula is C19H32N2O2. The van der Waals surface area contributed by atoms with E-state index < -0.39 is 0 Å². The molecule has 0 radical (unpaired) electrons. The molecule has 3 N–H and O–H groups in total. The Morgan fingerprint density at radius 2 is 1.83 bits per heavy atom. The molecule has 0 aliphatic carbocycles. The first-order chi connectivity index (χ1) is 11.1. The van der Waals surface area contributed by atoms with E-state index in [1.807, 2.05) is 19.1 Å². The average molecular weight is 320 g/mol. The summed E-state index contributed by atoms with van der Waals surface area (Å²) in [7, 11) is 0. The van der Waals surface area contributed by atoms with Gasteiger partial charge < -0.3 is 15.8 Å². The minimum atomic E-state index is -0.388. The van der Waals surface area contributed by atoms with Crippen LogP contribution < -0.4 is 15.8 Å². The Labute approximate surface area is 140 Å². The van der Waals surface area contributed by atoms with Crippen molar-refractivity contribution < 1.29 is 9.53 Å². The Kier molecular flexibility index (Phi) is 9.37.